The molecule has 4 nitrogen and oxygen atoms in total. The number of aliphatic hydroxyl groups is 1. The van der Waals surface area contributed by atoms with Gasteiger partial charge in [0.2, 0.25) is 0 Å². The number of rotatable bonds is 5. The third-order valence-corrected chi connectivity index (χ3v) is 4.87. The van der Waals surface area contributed by atoms with Crippen LogP contribution >= 0.6 is 0 Å². The monoisotopic (exact) mass is 249 g/mol. The van der Waals surface area contributed by atoms with E-state index < -0.39 is 0 Å². The van der Waals surface area contributed by atoms with E-state index in [1.54, 1.807) is 6.33 Å². The van der Waals surface area contributed by atoms with E-state index >= 15 is 0 Å². The van der Waals surface area contributed by atoms with Crippen molar-refractivity contribution in [3.63, 3.8) is 0 Å². The van der Waals surface area contributed by atoms with Crippen molar-refractivity contribution < 1.29 is 5.11 Å². The van der Waals surface area contributed by atoms with Gasteiger partial charge in [-0.25, -0.2) is 4.98 Å². The molecule has 0 radical (unpaired) electrons. The minimum Gasteiger partial charge on any atom is -0.393 e. The Balaban J connectivity index is 1.54. The van der Waals surface area contributed by atoms with E-state index in [0.29, 0.717) is 6.42 Å². The van der Waals surface area contributed by atoms with Gasteiger partial charge in [0, 0.05) is 13.0 Å². The maximum Gasteiger partial charge on any atom is 0.138 e. The van der Waals surface area contributed by atoms with E-state index in [0.717, 1.165) is 36.5 Å². The standard InChI is InChI=1S/C14H23N3O/c1-2-17-14(15-9-16-17)8-13(18)7-12-6-10-3-4-11(12)5-10/h9-13,18H,2-8H2,1H3. The minimum atomic E-state index is -0.246. The van der Waals surface area contributed by atoms with Gasteiger partial charge in [-0.3, -0.25) is 4.68 Å². The highest BCUT2D eigenvalue weighted by Gasteiger charge is 2.39. The zero-order valence-electron chi connectivity index (χ0n) is 11.1. The zero-order valence-corrected chi connectivity index (χ0v) is 11.1. The predicted molar refractivity (Wildman–Crippen MR) is 69.0 cm³/mol. The molecule has 4 heteroatoms. The Morgan fingerprint density at radius 3 is 3.00 bits per heavy atom. The predicted octanol–water partition coefficient (Wildman–Crippen LogP) is 2.03. The van der Waals surface area contributed by atoms with Gasteiger partial charge in [-0.05, 0) is 50.4 Å². The largest absolute Gasteiger partial charge is 0.393 e. The normalized spacial score (nSPS) is 32.0. The average molecular weight is 249 g/mol. The summed E-state index contributed by atoms with van der Waals surface area (Å²) < 4.78 is 1.88. The number of fused-ring (bicyclic) bond motifs is 2. The van der Waals surface area contributed by atoms with E-state index in [1.165, 1.54) is 25.7 Å². The molecule has 0 aromatic carbocycles. The molecule has 0 amide bonds. The lowest BCUT2D eigenvalue weighted by Gasteiger charge is -2.24. The van der Waals surface area contributed by atoms with Crippen LogP contribution in [-0.2, 0) is 13.0 Å². The van der Waals surface area contributed by atoms with Crippen molar-refractivity contribution in [1.82, 2.24) is 14.8 Å². The van der Waals surface area contributed by atoms with Gasteiger partial charge >= 0.3 is 0 Å². The summed E-state index contributed by atoms with van der Waals surface area (Å²) in [5, 5.41) is 14.4. The quantitative estimate of drug-likeness (QED) is 0.868. The van der Waals surface area contributed by atoms with Crippen LogP contribution in [0.3, 0.4) is 0 Å². The first kappa shape index (κ1) is 12.2. The molecule has 0 aliphatic heterocycles. The van der Waals surface area contributed by atoms with Gasteiger partial charge in [0.1, 0.15) is 12.2 Å². The number of hydrogen-bond donors (Lipinski definition) is 1. The molecule has 2 aliphatic carbocycles. The molecule has 2 bridgehead atoms. The third kappa shape index (κ3) is 2.30. The first-order chi connectivity index (χ1) is 8.76. The van der Waals surface area contributed by atoms with Crippen molar-refractivity contribution in [3.05, 3.63) is 12.2 Å². The van der Waals surface area contributed by atoms with Gasteiger partial charge in [-0.1, -0.05) is 6.42 Å². The van der Waals surface area contributed by atoms with E-state index in [1.807, 2.05) is 4.68 Å². The molecule has 1 aromatic heterocycles. The van der Waals surface area contributed by atoms with E-state index in [-0.39, 0.29) is 6.10 Å². The minimum absolute atomic E-state index is 0.246. The summed E-state index contributed by atoms with van der Waals surface area (Å²) >= 11 is 0. The molecular weight excluding hydrogens is 226 g/mol. The fourth-order valence-electron chi connectivity index (χ4n) is 4.02. The molecule has 1 heterocycles. The zero-order chi connectivity index (χ0) is 12.5. The highest BCUT2D eigenvalue weighted by Crippen LogP contribution is 2.49. The van der Waals surface area contributed by atoms with Crippen LogP contribution in [0.2, 0.25) is 0 Å². The van der Waals surface area contributed by atoms with Crippen LogP contribution in [-0.4, -0.2) is 26.0 Å². The second-order valence-corrected chi connectivity index (χ2v) is 6.02. The van der Waals surface area contributed by atoms with Crippen molar-refractivity contribution >= 4 is 0 Å². The number of hydrogen-bond acceptors (Lipinski definition) is 3. The molecule has 0 saturated heterocycles. The van der Waals surface area contributed by atoms with Gasteiger partial charge in [-0.2, -0.15) is 5.10 Å². The fourth-order valence-corrected chi connectivity index (χ4v) is 4.02. The van der Waals surface area contributed by atoms with Crippen LogP contribution in [0.4, 0.5) is 0 Å². The molecule has 4 atom stereocenters. The highest BCUT2D eigenvalue weighted by molar-refractivity contribution is 4.93. The van der Waals surface area contributed by atoms with Crippen LogP contribution in [0.25, 0.3) is 0 Å². The number of aryl methyl sites for hydroxylation is 1. The molecule has 100 valence electrons. The van der Waals surface area contributed by atoms with E-state index in [2.05, 4.69) is 17.0 Å². The van der Waals surface area contributed by atoms with Gasteiger partial charge in [0.05, 0.1) is 6.10 Å². The average Bonchev–Trinajstić information content (AvgIpc) is 3.04. The SMILES string of the molecule is CCn1ncnc1CC(O)CC1CC2CCC1C2. The first-order valence-electron chi connectivity index (χ1n) is 7.31. The summed E-state index contributed by atoms with van der Waals surface area (Å²) in [5.74, 6) is 3.55. The lowest BCUT2D eigenvalue weighted by atomic mass is 9.84. The number of nitrogens with zero attached hydrogens (tertiary/aromatic N) is 3. The summed E-state index contributed by atoms with van der Waals surface area (Å²) in [7, 11) is 0. The third-order valence-electron chi connectivity index (χ3n) is 4.87. The summed E-state index contributed by atoms with van der Waals surface area (Å²) in [5.41, 5.74) is 0. The Labute approximate surface area is 108 Å². The Morgan fingerprint density at radius 2 is 2.33 bits per heavy atom. The Morgan fingerprint density at radius 1 is 1.44 bits per heavy atom. The molecule has 2 saturated carbocycles. The fraction of sp³-hybridized carbons (Fsp3) is 0.857. The molecule has 2 aliphatic rings. The number of aromatic nitrogens is 3. The van der Waals surface area contributed by atoms with E-state index in [9.17, 15) is 5.11 Å². The molecular formula is C14H23N3O. The Hall–Kier alpha value is -0.900. The lowest BCUT2D eigenvalue weighted by Crippen LogP contribution is -2.22. The maximum absolute atomic E-state index is 10.2. The van der Waals surface area contributed by atoms with Gasteiger partial charge in [0.25, 0.3) is 0 Å². The molecule has 2 fully saturated rings. The Bertz CT molecular complexity index is 403. The smallest absolute Gasteiger partial charge is 0.138 e. The molecule has 4 unspecified atom stereocenters. The molecule has 18 heavy (non-hydrogen) atoms. The van der Waals surface area contributed by atoms with Crippen LogP contribution < -0.4 is 0 Å². The van der Waals surface area contributed by atoms with Crippen LogP contribution in [0, 0.1) is 17.8 Å². The Kier molecular flexibility index (Phi) is 3.37. The van der Waals surface area contributed by atoms with Gasteiger partial charge in [-0.15, -0.1) is 0 Å². The molecule has 1 N–H and O–H groups in total. The van der Waals surface area contributed by atoms with E-state index in [4.69, 9.17) is 0 Å². The van der Waals surface area contributed by atoms with Crippen LogP contribution in [0.1, 0.15) is 44.9 Å². The molecule has 3 rings (SSSR count). The highest BCUT2D eigenvalue weighted by atomic mass is 16.3. The molecule has 1 aromatic rings. The van der Waals surface area contributed by atoms with Crippen molar-refractivity contribution in [1.29, 1.82) is 0 Å². The van der Waals surface area contributed by atoms with Gasteiger partial charge < -0.3 is 5.11 Å². The lowest BCUT2D eigenvalue weighted by molar-refractivity contribution is 0.121. The first-order valence-corrected chi connectivity index (χ1v) is 7.31. The summed E-state index contributed by atoms with van der Waals surface area (Å²) in [6.45, 7) is 2.89. The van der Waals surface area contributed by atoms with Crippen molar-refractivity contribution in [2.45, 2.75) is 58.1 Å². The van der Waals surface area contributed by atoms with Crippen molar-refractivity contribution in [2.24, 2.45) is 17.8 Å². The second kappa shape index (κ2) is 5.00. The number of aliphatic hydroxyl groups excluding tert-OH is 1. The second-order valence-electron chi connectivity index (χ2n) is 6.02. The maximum atomic E-state index is 10.2. The van der Waals surface area contributed by atoms with Gasteiger partial charge in [0.15, 0.2) is 0 Å². The van der Waals surface area contributed by atoms with Crippen molar-refractivity contribution in [3.8, 4) is 0 Å². The van der Waals surface area contributed by atoms with Crippen molar-refractivity contribution in [2.75, 3.05) is 0 Å². The summed E-state index contributed by atoms with van der Waals surface area (Å²) in [4.78, 5) is 4.24. The summed E-state index contributed by atoms with van der Waals surface area (Å²) in [6, 6.07) is 0. The van der Waals surface area contributed by atoms with Crippen LogP contribution in [0.5, 0.6) is 0 Å². The van der Waals surface area contributed by atoms with Crippen LogP contribution in [0.15, 0.2) is 6.33 Å². The molecule has 0 spiro atoms. The summed E-state index contributed by atoms with van der Waals surface area (Å²) in [6.07, 6.45) is 8.55. The topological polar surface area (TPSA) is 50.9 Å².